The summed E-state index contributed by atoms with van der Waals surface area (Å²) in [6, 6.07) is 11.7. The third-order valence-electron chi connectivity index (χ3n) is 5.38. The third kappa shape index (κ3) is 4.74. The molecule has 1 atom stereocenters. The predicted molar refractivity (Wildman–Crippen MR) is 116 cm³/mol. The molecule has 0 saturated carbocycles. The Morgan fingerprint density at radius 3 is 2.55 bits per heavy atom. The first kappa shape index (κ1) is 19.8. The van der Waals surface area contributed by atoms with Crippen LogP contribution in [0.25, 0.3) is 0 Å². The van der Waals surface area contributed by atoms with Crippen LogP contribution in [0.2, 0.25) is 0 Å². The van der Waals surface area contributed by atoms with E-state index in [1.165, 1.54) is 13.3 Å². The number of piperidine rings is 1. The Hall–Kier alpha value is -2.51. The van der Waals surface area contributed by atoms with Crippen molar-refractivity contribution >= 4 is 34.6 Å². The summed E-state index contributed by atoms with van der Waals surface area (Å²) in [6.07, 6.45) is 4.28. The molecule has 2 aliphatic heterocycles. The van der Waals surface area contributed by atoms with Crippen LogP contribution in [0.3, 0.4) is 0 Å². The zero-order valence-corrected chi connectivity index (χ0v) is 17.5. The van der Waals surface area contributed by atoms with Gasteiger partial charge < -0.3 is 5.32 Å². The molecule has 3 heterocycles. The SMILES string of the molecule is CC(=O)Nc1ccc(C2=NN(C(=O)CN3CCCCC3)[C@H](c3cccs3)C2)cc1. The monoisotopic (exact) mass is 410 g/mol. The van der Waals surface area contributed by atoms with Crippen molar-refractivity contribution < 1.29 is 9.59 Å². The van der Waals surface area contributed by atoms with Gasteiger partial charge in [0.2, 0.25) is 5.91 Å². The van der Waals surface area contributed by atoms with Gasteiger partial charge in [-0.3, -0.25) is 14.5 Å². The van der Waals surface area contributed by atoms with Crippen LogP contribution in [-0.2, 0) is 9.59 Å². The summed E-state index contributed by atoms with van der Waals surface area (Å²) >= 11 is 1.67. The lowest BCUT2D eigenvalue weighted by Crippen LogP contribution is -2.40. The fourth-order valence-corrected chi connectivity index (χ4v) is 4.76. The molecule has 2 aliphatic rings. The number of anilines is 1. The number of hydrogen-bond donors (Lipinski definition) is 1. The fraction of sp³-hybridized carbons (Fsp3) is 0.409. The Morgan fingerprint density at radius 1 is 1.14 bits per heavy atom. The molecule has 0 aliphatic carbocycles. The number of amides is 2. The van der Waals surface area contributed by atoms with E-state index >= 15 is 0 Å². The van der Waals surface area contributed by atoms with Gasteiger partial charge in [0.05, 0.1) is 18.3 Å². The van der Waals surface area contributed by atoms with E-state index in [2.05, 4.69) is 16.3 Å². The van der Waals surface area contributed by atoms with Crippen molar-refractivity contribution in [3.8, 4) is 0 Å². The highest BCUT2D eigenvalue weighted by Crippen LogP contribution is 2.35. The first-order valence-electron chi connectivity index (χ1n) is 10.1. The molecule has 1 aromatic heterocycles. The summed E-state index contributed by atoms with van der Waals surface area (Å²) in [5.74, 6) is -0.0293. The van der Waals surface area contributed by atoms with Gasteiger partial charge in [-0.25, -0.2) is 5.01 Å². The van der Waals surface area contributed by atoms with Crippen LogP contribution in [0, 0.1) is 0 Å². The number of thiophene rings is 1. The Bertz CT molecular complexity index is 886. The van der Waals surface area contributed by atoms with Crippen LogP contribution >= 0.6 is 11.3 Å². The molecule has 0 radical (unpaired) electrons. The Morgan fingerprint density at radius 2 is 1.90 bits per heavy atom. The molecule has 6 nitrogen and oxygen atoms in total. The maximum atomic E-state index is 13.1. The van der Waals surface area contributed by atoms with Crippen molar-refractivity contribution in [1.82, 2.24) is 9.91 Å². The van der Waals surface area contributed by atoms with E-state index in [0.717, 1.165) is 47.8 Å². The number of nitrogens with zero attached hydrogens (tertiary/aromatic N) is 3. The lowest BCUT2D eigenvalue weighted by molar-refractivity contribution is -0.134. The molecular formula is C22H26N4O2S. The first-order chi connectivity index (χ1) is 14.1. The van der Waals surface area contributed by atoms with Crippen molar-refractivity contribution in [2.24, 2.45) is 5.10 Å². The highest BCUT2D eigenvalue weighted by molar-refractivity contribution is 7.10. The Labute approximate surface area is 175 Å². The molecule has 1 saturated heterocycles. The number of likely N-dealkylation sites (tertiary alicyclic amines) is 1. The average molecular weight is 411 g/mol. The minimum absolute atomic E-state index is 0.0442. The topological polar surface area (TPSA) is 65.0 Å². The Kier molecular flexibility index (Phi) is 6.06. The molecular weight excluding hydrogens is 384 g/mol. The highest BCUT2D eigenvalue weighted by Gasteiger charge is 2.34. The standard InChI is InChI=1S/C22H26N4O2S/c1-16(27)23-18-9-7-17(8-10-18)19-14-20(21-6-5-13-29-21)26(24-19)22(28)15-25-11-3-2-4-12-25/h5-10,13,20H,2-4,11-12,14-15H2,1H3,(H,23,27)/t20-/m0/s1. The van der Waals surface area contributed by atoms with Crippen LogP contribution in [0.15, 0.2) is 46.9 Å². The molecule has 2 aromatic rings. The van der Waals surface area contributed by atoms with Crippen LogP contribution in [0.5, 0.6) is 0 Å². The average Bonchev–Trinajstić information content (AvgIpc) is 3.39. The van der Waals surface area contributed by atoms with E-state index < -0.39 is 0 Å². The van der Waals surface area contributed by atoms with Gasteiger partial charge in [-0.05, 0) is 55.1 Å². The number of hydrazone groups is 1. The highest BCUT2D eigenvalue weighted by atomic mass is 32.1. The van der Waals surface area contributed by atoms with Crippen LogP contribution < -0.4 is 5.32 Å². The molecule has 0 spiro atoms. The third-order valence-corrected chi connectivity index (χ3v) is 6.36. The van der Waals surface area contributed by atoms with E-state index in [9.17, 15) is 9.59 Å². The molecule has 1 fully saturated rings. The van der Waals surface area contributed by atoms with Gasteiger partial charge in [0.1, 0.15) is 0 Å². The van der Waals surface area contributed by atoms with Crippen molar-refractivity contribution in [3.63, 3.8) is 0 Å². The molecule has 29 heavy (non-hydrogen) atoms. The maximum absolute atomic E-state index is 13.1. The predicted octanol–water partition coefficient (Wildman–Crippen LogP) is 3.87. The number of carbonyl (C=O) groups excluding carboxylic acids is 2. The molecule has 0 bridgehead atoms. The Balaban J connectivity index is 1.54. The zero-order valence-electron chi connectivity index (χ0n) is 16.6. The summed E-state index contributed by atoms with van der Waals surface area (Å²) in [4.78, 5) is 27.7. The molecule has 7 heteroatoms. The largest absolute Gasteiger partial charge is 0.326 e. The number of carbonyl (C=O) groups is 2. The summed E-state index contributed by atoms with van der Waals surface area (Å²) < 4.78 is 0. The summed E-state index contributed by atoms with van der Waals surface area (Å²) in [5, 5.41) is 11.3. The zero-order chi connectivity index (χ0) is 20.2. The summed E-state index contributed by atoms with van der Waals surface area (Å²) in [7, 11) is 0. The van der Waals surface area contributed by atoms with Gasteiger partial charge in [0, 0.05) is 23.9 Å². The maximum Gasteiger partial charge on any atom is 0.257 e. The van der Waals surface area contributed by atoms with Gasteiger partial charge in [-0.15, -0.1) is 11.3 Å². The molecule has 1 N–H and O–H groups in total. The van der Waals surface area contributed by atoms with Crippen LogP contribution in [0.1, 0.15) is 49.1 Å². The second kappa shape index (κ2) is 8.88. The minimum Gasteiger partial charge on any atom is -0.326 e. The summed E-state index contributed by atoms with van der Waals surface area (Å²) in [5.41, 5.74) is 2.64. The van der Waals surface area contributed by atoms with Crippen molar-refractivity contribution in [1.29, 1.82) is 0 Å². The van der Waals surface area contributed by atoms with Crippen molar-refractivity contribution in [2.45, 2.75) is 38.6 Å². The van der Waals surface area contributed by atoms with Crippen molar-refractivity contribution in [2.75, 3.05) is 25.0 Å². The van der Waals surface area contributed by atoms with E-state index in [-0.39, 0.29) is 17.9 Å². The quantitative estimate of drug-likeness (QED) is 0.814. The van der Waals surface area contributed by atoms with E-state index in [0.29, 0.717) is 13.0 Å². The smallest absolute Gasteiger partial charge is 0.257 e. The second-order valence-electron chi connectivity index (χ2n) is 7.62. The lowest BCUT2D eigenvalue weighted by atomic mass is 10.0. The molecule has 0 unspecified atom stereocenters. The van der Waals surface area contributed by atoms with Gasteiger partial charge in [-0.1, -0.05) is 24.6 Å². The normalized spacial score (nSPS) is 19.8. The van der Waals surface area contributed by atoms with Gasteiger partial charge >= 0.3 is 0 Å². The van der Waals surface area contributed by atoms with Gasteiger partial charge in [-0.2, -0.15) is 5.10 Å². The number of nitrogens with one attached hydrogen (secondary N) is 1. The van der Waals surface area contributed by atoms with Crippen molar-refractivity contribution in [3.05, 3.63) is 52.2 Å². The number of rotatable bonds is 5. The number of hydrogen-bond acceptors (Lipinski definition) is 5. The van der Waals surface area contributed by atoms with Gasteiger partial charge in [0.15, 0.2) is 0 Å². The van der Waals surface area contributed by atoms with E-state index in [1.54, 1.807) is 16.3 Å². The van der Waals surface area contributed by atoms with E-state index in [1.807, 2.05) is 35.7 Å². The van der Waals surface area contributed by atoms with E-state index in [4.69, 9.17) is 5.10 Å². The molecule has 2 amide bonds. The molecule has 152 valence electrons. The molecule has 1 aromatic carbocycles. The molecule has 4 rings (SSSR count). The number of benzene rings is 1. The lowest BCUT2D eigenvalue weighted by Gasteiger charge is -2.28. The van der Waals surface area contributed by atoms with Crippen LogP contribution in [0.4, 0.5) is 5.69 Å². The van der Waals surface area contributed by atoms with Crippen LogP contribution in [-0.4, -0.2) is 47.1 Å². The second-order valence-corrected chi connectivity index (χ2v) is 8.59. The fourth-order valence-electron chi connectivity index (χ4n) is 3.95. The summed E-state index contributed by atoms with van der Waals surface area (Å²) in [6.45, 7) is 3.90. The van der Waals surface area contributed by atoms with Gasteiger partial charge in [0.25, 0.3) is 5.91 Å². The first-order valence-corrected chi connectivity index (χ1v) is 11.0. The minimum atomic E-state index is -0.0943.